The standard InChI is InChI=1S/C23H23ClN4O2/c1-14(2)27(22(29)30)23(3,4)21-20-18-7-6-16(24)13-15(18)5-8-19(20)28(26-21)17-9-11-25-12-10-17/h5-14H,1-4H3,(H,29,30). The minimum Gasteiger partial charge on any atom is -0.465 e. The number of carbonyl (C=O) groups is 1. The molecule has 1 N–H and O–H groups in total. The second-order valence-corrected chi connectivity index (χ2v) is 8.53. The van der Waals surface area contributed by atoms with Gasteiger partial charge in [-0.2, -0.15) is 5.10 Å². The van der Waals surface area contributed by atoms with Gasteiger partial charge in [0.2, 0.25) is 0 Å². The van der Waals surface area contributed by atoms with Crippen LogP contribution < -0.4 is 0 Å². The summed E-state index contributed by atoms with van der Waals surface area (Å²) in [5, 5.41) is 18.4. The first-order valence-electron chi connectivity index (χ1n) is 9.76. The van der Waals surface area contributed by atoms with E-state index >= 15 is 0 Å². The molecule has 154 valence electrons. The molecule has 2 aromatic heterocycles. The van der Waals surface area contributed by atoms with Gasteiger partial charge in [0.05, 0.1) is 22.4 Å². The van der Waals surface area contributed by atoms with Crippen molar-refractivity contribution in [2.24, 2.45) is 0 Å². The number of nitrogens with zero attached hydrogens (tertiary/aromatic N) is 4. The van der Waals surface area contributed by atoms with Crippen LogP contribution in [-0.2, 0) is 5.54 Å². The number of rotatable bonds is 4. The Morgan fingerprint density at radius 3 is 2.47 bits per heavy atom. The number of carboxylic acid groups (broad SMARTS) is 1. The Hall–Kier alpha value is -3.12. The van der Waals surface area contributed by atoms with Crippen molar-refractivity contribution in [3.63, 3.8) is 0 Å². The summed E-state index contributed by atoms with van der Waals surface area (Å²) in [4.78, 5) is 17.7. The summed E-state index contributed by atoms with van der Waals surface area (Å²) in [5.41, 5.74) is 1.58. The average Bonchev–Trinajstić information content (AvgIpc) is 3.08. The van der Waals surface area contributed by atoms with Gasteiger partial charge in [-0.25, -0.2) is 9.48 Å². The quantitative estimate of drug-likeness (QED) is 0.447. The molecule has 7 heteroatoms. The maximum Gasteiger partial charge on any atom is 0.408 e. The highest BCUT2D eigenvalue weighted by atomic mass is 35.5. The summed E-state index contributed by atoms with van der Waals surface area (Å²) < 4.78 is 1.85. The molecular formula is C23H23ClN4O2. The van der Waals surface area contributed by atoms with Gasteiger partial charge in [0.15, 0.2) is 0 Å². The minimum atomic E-state index is -0.982. The fourth-order valence-corrected chi connectivity index (χ4v) is 4.43. The van der Waals surface area contributed by atoms with E-state index in [0.29, 0.717) is 10.7 Å². The van der Waals surface area contributed by atoms with Crippen LogP contribution in [0.2, 0.25) is 5.02 Å². The van der Waals surface area contributed by atoms with Crippen LogP contribution in [0.5, 0.6) is 0 Å². The van der Waals surface area contributed by atoms with Crippen LogP contribution in [0.15, 0.2) is 54.9 Å². The van der Waals surface area contributed by atoms with Gasteiger partial charge in [-0.3, -0.25) is 9.88 Å². The van der Waals surface area contributed by atoms with Crippen LogP contribution in [0.3, 0.4) is 0 Å². The first-order valence-corrected chi connectivity index (χ1v) is 10.1. The van der Waals surface area contributed by atoms with Gasteiger partial charge in [-0.1, -0.05) is 23.7 Å². The minimum absolute atomic E-state index is 0.219. The Bertz CT molecular complexity index is 1250. The highest BCUT2D eigenvalue weighted by Crippen LogP contribution is 2.39. The zero-order chi connectivity index (χ0) is 21.6. The maximum atomic E-state index is 12.1. The smallest absolute Gasteiger partial charge is 0.408 e. The van der Waals surface area contributed by atoms with Crippen molar-refractivity contribution in [3.8, 4) is 5.69 Å². The predicted octanol–water partition coefficient (Wildman–Crippen LogP) is 5.85. The van der Waals surface area contributed by atoms with E-state index in [-0.39, 0.29) is 6.04 Å². The third-order valence-corrected chi connectivity index (χ3v) is 5.67. The summed E-state index contributed by atoms with van der Waals surface area (Å²) in [6.07, 6.45) is 2.45. The third kappa shape index (κ3) is 3.17. The van der Waals surface area contributed by atoms with Crippen LogP contribution in [0.1, 0.15) is 33.4 Å². The second-order valence-electron chi connectivity index (χ2n) is 8.10. The molecule has 1 amide bonds. The van der Waals surface area contributed by atoms with E-state index in [9.17, 15) is 9.90 Å². The molecular weight excluding hydrogens is 400 g/mol. The Kier molecular flexibility index (Phi) is 4.90. The molecule has 0 atom stereocenters. The normalized spacial score (nSPS) is 12.1. The number of halogens is 1. The van der Waals surface area contributed by atoms with E-state index < -0.39 is 11.6 Å². The highest BCUT2D eigenvalue weighted by Gasteiger charge is 2.39. The van der Waals surface area contributed by atoms with E-state index in [1.807, 2.05) is 74.8 Å². The summed E-state index contributed by atoms with van der Waals surface area (Å²) in [6.45, 7) is 7.54. The van der Waals surface area contributed by atoms with Crippen LogP contribution >= 0.6 is 11.6 Å². The van der Waals surface area contributed by atoms with Crippen molar-refractivity contribution in [3.05, 3.63) is 65.6 Å². The number of amides is 1. The van der Waals surface area contributed by atoms with Gasteiger partial charge in [-0.05, 0) is 68.8 Å². The number of hydrogen-bond acceptors (Lipinski definition) is 3. The van der Waals surface area contributed by atoms with E-state index in [1.54, 1.807) is 12.4 Å². The van der Waals surface area contributed by atoms with Gasteiger partial charge in [0.25, 0.3) is 0 Å². The first-order chi connectivity index (χ1) is 14.2. The summed E-state index contributed by atoms with van der Waals surface area (Å²) >= 11 is 6.22. The molecule has 2 heterocycles. The molecule has 0 saturated carbocycles. The van der Waals surface area contributed by atoms with Gasteiger partial charge in [-0.15, -0.1) is 0 Å². The summed E-state index contributed by atoms with van der Waals surface area (Å²) in [5.74, 6) is 0. The van der Waals surface area contributed by atoms with Crippen molar-refractivity contribution in [2.75, 3.05) is 0 Å². The van der Waals surface area contributed by atoms with Crippen molar-refractivity contribution < 1.29 is 9.90 Å². The van der Waals surface area contributed by atoms with Crippen LogP contribution in [0.25, 0.3) is 27.4 Å². The first kappa shape index (κ1) is 20.2. The summed E-state index contributed by atoms with van der Waals surface area (Å²) in [6, 6.07) is 13.3. The van der Waals surface area contributed by atoms with E-state index in [0.717, 1.165) is 27.4 Å². The van der Waals surface area contributed by atoms with Crippen LogP contribution in [0, 0.1) is 0 Å². The third-order valence-electron chi connectivity index (χ3n) is 5.44. The topological polar surface area (TPSA) is 71.2 Å². The van der Waals surface area contributed by atoms with E-state index in [2.05, 4.69) is 4.98 Å². The zero-order valence-corrected chi connectivity index (χ0v) is 18.1. The number of aromatic nitrogens is 3. The molecule has 0 unspecified atom stereocenters. The van der Waals surface area contributed by atoms with Gasteiger partial charge in [0.1, 0.15) is 0 Å². The molecule has 0 aliphatic carbocycles. The predicted molar refractivity (Wildman–Crippen MR) is 119 cm³/mol. The second kappa shape index (κ2) is 7.29. The van der Waals surface area contributed by atoms with Crippen molar-refractivity contribution in [1.82, 2.24) is 19.7 Å². The number of fused-ring (bicyclic) bond motifs is 3. The number of hydrogen-bond donors (Lipinski definition) is 1. The molecule has 30 heavy (non-hydrogen) atoms. The lowest BCUT2D eigenvalue weighted by Gasteiger charge is -2.38. The fraction of sp³-hybridized carbons (Fsp3) is 0.261. The molecule has 2 aromatic carbocycles. The summed E-state index contributed by atoms with van der Waals surface area (Å²) in [7, 11) is 0. The highest BCUT2D eigenvalue weighted by molar-refractivity contribution is 6.31. The molecule has 4 rings (SSSR count). The van der Waals surface area contributed by atoms with Gasteiger partial charge >= 0.3 is 6.09 Å². The zero-order valence-electron chi connectivity index (χ0n) is 17.3. The lowest BCUT2D eigenvalue weighted by molar-refractivity contribution is 0.0692. The lowest BCUT2D eigenvalue weighted by atomic mass is 9.92. The van der Waals surface area contributed by atoms with E-state index in [1.165, 1.54) is 4.90 Å². The Morgan fingerprint density at radius 2 is 1.83 bits per heavy atom. The monoisotopic (exact) mass is 422 g/mol. The van der Waals surface area contributed by atoms with Crippen LogP contribution in [0.4, 0.5) is 4.79 Å². The lowest BCUT2D eigenvalue weighted by Crippen LogP contribution is -2.49. The Labute approximate surface area is 179 Å². The van der Waals surface area contributed by atoms with Gasteiger partial charge < -0.3 is 5.11 Å². The van der Waals surface area contributed by atoms with Crippen molar-refractivity contribution in [1.29, 1.82) is 0 Å². The van der Waals surface area contributed by atoms with Crippen LogP contribution in [-0.4, -0.2) is 36.9 Å². The molecule has 0 fully saturated rings. The average molecular weight is 423 g/mol. The molecule has 0 spiro atoms. The molecule has 0 bridgehead atoms. The molecule has 0 aliphatic rings. The Balaban J connectivity index is 2.11. The van der Waals surface area contributed by atoms with Crippen molar-refractivity contribution >= 4 is 39.4 Å². The van der Waals surface area contributed by atoms with E-state index in [4.69, 9.17) is 16.7 Å². The molecule has 0 saturated heterocycles. The number of pyridine rings is 1. The van der Waals surface area contributed by atoms with Crippen molar-refractivity contribution in [2.45, 2.75) is 39.3 Å². The largest absolute Gasteiger partial charge is 0.465 e. The molecule has 4 aromatic rings. The molecule has 6 nitrogen and oxygen atoms in total. The number of benzene rings is 2. The maximum absolute atomic E-state index is 12.1. The Morgan fingerprint density at radius 1 is 1.13 bits per heavy atom. The fourth-order valence-electron chi connectivity index (χ4n) is 4.25. The van der Waals surface area contributed by atoms with Gasteiger partial charge in [0, 0.05) is 28.8 Å². The molecule has 0 aliphatic heterocycles. The molecule has 0 radical (unpaired) electrons. The SMILES string of the molecule is CC(C)N(C(=O)O)C(C)(C)c1nn(-c2ccncc2)c2ccc3cc(Cl)ccc3c12.